The Labute approximate surface area is 127 Å². The fourth-order valence-corrected chi connectivity index (χ4v) is 3.37. The minimum Gasteiger partial charge on any atom is -0.369 e. The van der Waals surface area contributed by atoms with Gasteiger partial charge in [-0.1, -0.05) is 6.92 Å². The highest BCUT2D eigenvalue weighted by molar-refractivity contribution is 9.10. The SMILES string of the molecule is CCCN1CCC(n2c(N)nc3cc(Br)cnc32)CC1. The third kappa shape index (κ3) is 2.54. The molecular weight excluding hydrogens is 318 g/mol. The van der Waals surface area contributed by atoms with E-state index in [2.05, 4.69) is 42.3 Å². The standard InChI is InChI=1S/C14H20BrN5/c1-2-5-19-6-3-11(4-7-19)20-13-12(18-14(20)16)8-10(15)9-17-13/h8-9,11H,2-7H2,1H3,(H2,16,18). The molecule has 2 N–H and O–H groups in total. The van der Waals surface area contributed by atoms with E-state index in [4.69, 9.17) is 5.73 Å². The molecule has 0 saturated carbocycles. The number of halogens is 1. The average Bonchev–Trinajstić information content (AvgIpc) is 2.75. The van der Waals surface area contributed by atoms with Crippen LogP contribution in [0.2, 0.25) is 0 Å². The van der Waals surface area contributed by atoms with Crippen molar-refractivity contribution in [3.05, 3.63) is 16.7 Å². The maximum absolute atomic E-state index is 6.11. The monoisotopic (exact) mass is 337 g/mol. The number of rotatable bonds is 3. The highest BCUT2D eigenvalue weighted by Crippen LogP contribution is 2.29. The van der Waals surface area contributed by atoms with Crippen LogP contribution in [0.25, 0.3) is 11.2 Å². The molecule has 0 aromatic carbocycles. The van der Waals surface area contributed by atoms with E-state index in [1.54, 1.807) is 0 Å². The van der Waals surface area contributed by atoms with Crippen LogP contribution in [-0.4, -0.2) is 39.1 Å². The maximum atomic E-state index is 6.11. The molecule has 6 heteroatoms. The maximum Gasteiger partial charge on any atom is 0.202 e. The lowest BCUT2D eigenvalue weighted by atomic mass is 10.0. The van der Waals surface area contributed by atoms with Crippen LogP contribution in [0, 0.1) is 0 Å². The van der Waals surface area contributed by atoms with Crippen LogP contribution in [0.5, 0.6) is 0 Å². The van der Waals surface area contributed by atoms with Crippen LogP contribution >= 0.6 is 15.9 Å². The Morgan fingerprint density at radius 3 is 2.85 bits per heavy atom. The summed E-state index contributed by atoms with van der Waals surface area (Å²) in [5.41, 5.74) is 7.88. The molecule has 1 fully saturated rings. The molecule has 0 amide bonds. The third-order valence-electron chi connectivity index (χ3n) is 3.99. The van der Waals surface area contributed by atoms with Crippen LogP contribution < -0.4 is 5.73 Å². The first-order valence-electron chi connectivity index (χ1n) is 7.20. The van der Waals surface area contributed by atoms with Crippen LogP contribution in [0.15, 0.2) is 16.7 Å². The van der Waals surface area contributed by atoms with Gasteiger partial charge in [0.25, 0.3) is 0 Å². The molecule has 5 nitrogen and oxygen atoms in total. The lowest BCUT2D eigenvalue weighted by molar-refractivity contribution is 0.189. The van der Waals surface area contributed by atoms with Crippen molar-refractivity contribution in [1.82, 2.24) is 19.4 Å². The van der Waals surface area contributed by atoms with E-state index in [0.29, 0.717) is 12.0 Å². The van der Waals surface area contributed by atoms with Crippen molar-refractivity contribution in [3.8, 4) is 0 Å². The summed E-state index contributed by atoms with van der Waals surface area (Å²) < 4.78 is 3.05. The zero-order valence-electron chi connectivity index (χ0n) is 11.7. The van der Waals surface area contributed by atoms with Crippen molar-refractivity contribution in [3.63, 3.8) is 0 Å². The van der Waals surface area contributed by atoms with E-state index in [1.807, 2.05) is 12.3 Å². The van der Waals surface area contributed by atoms with Crippen molar-refractivity contribution in [2.24, 2.45) is 0 Å². The lowest BCUT2D eigenvalue weighted by Gasteiger charge is -2.32. The predicted octanol–water partition coefficient (Wildman–Crippen LogP) is 2.82. The minimum atomic E-state index is 0.418. The normalized spacial score (nSPS) is 17.9. The summed E-state index contributed by atoms with van der Waals surface area (Å²) in [6.07, 6.45) is 5.27. The number of aromatic nitrogens is 3. The van der Waals surface area contributed by atoms with Crippen LogP contribution in [0.4, 0.5) is 5.95 Å². The van der Waals surface area contributed by atoms with Gasteiger partial charge in [-0.05, 0) is 47.8 Å². The van der Waals surface area contributed by atoms with Gasteiger partial charge in [0.05, 0.1) is 0 Å². The fraction of sp³-hybridized carbons (Fsp3) is 0.571. The summed E-state index contributed by atoms with van der Waals surface area (Å²) in [6.45, 7) is 5.69. The molecule has 0 aliphatic carbocycles. The number of likely N-dealkylation sites (tertiary alicyclic amines) is 1. The zero-order valence-corrected chi connectivity index (χ0v) is 13.3. The second-order valence-electron chi connectivity index (χ2n) is 5.41. The molecule has 1 aliphatic rings. The highest BCUT2D eigenvalue weighted by Gasteiger charge is 2.24. The molecular formula is C14H20BrN5. The molecule has 20 heavy (non-hydrogen) atoms. The van der Waals surface area contributed by atoms with E-state index in [9.17, 15) is 0 Å². The number of pyridine rings is 1. The molecule has 1 aliphatic heterocycles. The van der Waals surface area contributed by atoms with Gasteiger partial charge in [-0.2, -0.15) is 0 Å². The van der Waals surface area contributed by atoms with Crippen molar-refractivity contribution < 1.29 is 0 Å². The number of imidazole rings is 1. The number of anilines is 1. The quantitative estimate of drug-likeness (QED) is 0.935. The van der Waals surface area contributed by atoms with Gasteiger partial charge in [0.2, 0.25) is 5.95 Å². The first-order chi connectivity index (χ1) is 9.69. The topological polar surface area (TPSA) is 60.0 Å². The molecule has 3 rings (SSSR count). The Balaban J connectivity index is 1.86. The van der Waals surface area contributed by atoms with E-state index in [1.165, 1.54) is 13.0 Å². The second kappa shape index (κ2) is 5.69. The van der Waals surface area contributed by atoms with Crippen molar-refractivity contribution in [1.29, 1.82) is 0 Å². The Bertz CT molecular complexity index is 601. The molecule has 0 atom stereocenters. The predicted molar refractivity (Wildman–Crippen MR) is 84.6 cm³/mol. The number of nitrogen functional groups attached to an aromatic ring is 1. The summed E-state index contributed by atoms with van der Waals surface area (Å²) in [6, 6.07) is 2.39. The summed E-state index contributed by atoms with van der Waals surface area (Å²) in [5.74, 6) is 0.583. The summed E-state index contributed by atoms with van der Waals surface area (Å²) in [7, 11) is 0. The van der Waals surface area contributed by atoms with Gasteiger partial charge in [-0.15, -0.1) is 0 Å². The van der Waals surface area contributed by atoms with Gasteiger partial charge in [0.15, 0.2) is 5.65 Å². The number of hydrogen-bond donors (Lipinski definition) is 1. The van der Waals surface area contributed by atoms with Crippen LogP contribution in [0.1, 0.15) is 32.2 Å². The van der Waals surface area contributed by atoms with Crippen LogP contribution in [0.3, 0.4) is 0 Å². The highest BCUT2D eigenvalue weighted by atomic mass is 79.9. The van der Waals surface area contributed by atoms with E-state index in [-0.39, 0.29) is 0 Å². The Kier molecular flexibility index (Phi) is 3.94. The number of piperidine rings is 1. The lowest BCUT2D eigenvalue weighted by Crippen LogP contribution is -2.35. The number of fused-ring (bicyclic) bond motifs is 1. The number of hydrogen-bond acceptors (Lipinski definition) is 4. The van der Waals surface area contributed by atoms with Gasteiger partial charge in [-0.3, -0.25) is 4.57 Å². The number of nitrogens with zero attached hydrogens (tertiary/aromatic N) is 4. The average molecular weight is 338 g/mol. The molecule has 108 valence electrons. The fourth-order valence-electron chi connectivity index (χ4n) is 3.05. The van der Waals surface area contributed by atoms with Gasteiger partial charge in [-0.25, -0.2) is 9.97 Å². The Morgan fingerprint density at radius 2 is 2.15 bits per heavy atom. The molecule has 2 aromatic heterocycles. The summed E-state index contributed by atoms with van der Waals surface area (Å²) >= 11 is 3.43. The first-order valence-corrected chi connectivity index (χ1v) is 7.99. The van der Waals surface area contributed by atoms with E-state index in [0.717, 1.165) is 41.6 Å². The third-order valence-corrected chi connectivity index (χ3v) is 4.42. The van der Waals surface area contributed by atoms with Crippen LogP contribution in [-0.2, 0) is 0 Å². The van der Waals surface area contributed by atoms with E-state index >= 15 is 0 Å². The second-order valence-corrected chi connectivity index (χ2v) is 6.32. The number of nitrogens with two attached hydrogens (primary N) is 1. The molecule has 0 radical (unpaired) electrons. The zero-order chi connectivity index (χ0) is 14.1. The molecule has 3 heterocycles. The first kappa shape index (κ1) is 13.8. The molecule has 2 aromatic rings. The Hall–Kier alpha value is -1.14. The van der Waals surface area contributed by atoms with Gasteiger partial charge >= 0.3 is 0 Å². The van der Waals surface area contributed by atoms with Gasteiger partial charge < -0.3 is 10.6 Å². The smallest absolute Gasteiger partial charge is 0.202 e. The van der Waals surface area contributed by atoms with Crippen molar-refractivity contribution in [2.45, 2.75) is 32.2 Å². The summed E-state index contributed by atoms with van der Waals surface area (Å²) in [4.78, 5) is 11.5. The molecule has 0 unspecified atom stereocenters. The Morgan fingerprint density at radius 1 is 1.40 bits per heavy atom. The molecule has 0 bridgehead atoms. The van der Waals surface area contributed by atoms with Crippen molar-refractivity contribution in [2.75, 3.05) is 25.4 Å². The molecule has 0 spiro atoms. The summed E-state index contributed by atoms with van der Waals surface area (Å²) in [5, 5.41) is 0. The van der Waals surface area contributed by atoms with Gasteiger partial charge in [0, 0.05) is 29.8 Å². The van der Waals surface area contributed by atoms with E-state index < -0.39 is 0 Å². The van der Waals surface area contributed by atoms with Crippen molar-refractivity contribution >= 4 is 33.0 Å². The molecule has 1 saturated heterocycles. The largest absolute Gasteiger partial charge is 0.369 e. The minimum absolute atomic E-state index is 0.418. The van der Waals surface area contributed by atoms with Gasteiger partial charge in [0.1, 0.15) is 5.52 Å².